The third-order valence-corrected chi connectivity index (χ3v) is 9.82. The van der Waals surface area contributed by atoms with Crippen molar-refractivity contribution in [3.05, 3.63) is 22.3 Å². The lowest BCUT2D eigenvalue weighted by Crippen LogP contribution is -2.55. The van der Waals surface area contributed by atoms with E-state index < -0.39 is 87.9 Å². The number of nitrogens with zero attached hydrogens (tertiary/aromatic N) is 1. The first-order valence-electron chi connectivity index (χ1n) is 17.0. The van der Waals surface area contributed by atoms with Gasteiger partial charge in [-0.3, -0.25) is 24.2 Å². The summed E-state index contributed by atoms with van der Waals surface area (Å²) in [5, 5.41) is 16.5. The summed E-state index contributed by atoms with van der Waals surface area (Å²) < 4.78 is 40.4. The van der Waals surface area contributed by atoms with Crippen LogP contribution >= 0.6 is 0 Å². The van der Waals surface area contributed by atoms with Crippen LogP contribution in [0.5, 0.6) is 5.75 Å². The van der Waals surface area contributed by atoms with Crippen molar-refractivity contribution in [2.45, 2.75) is 129 Å². The lowest BCUT2D eigenvalue weighted by Gasteiger charge is -2.25. The SMILES string of the molecule is Cc1c(C)c(S(=O)(=O)NC(N)=NCCC[C@H](N)C(=O)NCC(=O)N[C@@H](CC(=O)OC(C)(C)C)C(=O)N[C@H](C(=O)O)C(C)C)c(C)c2c1OC(C)(C)C2. The first-order chi connectivity index (χ1) is 23.8. The highest BCUT2D eigenvalue weighted by Gasteiger charge is 2.37. The normalized spacial score (nSPS) is 15.8. The molecule has 1 aliphatic heterocycles. The number of amides is 3. The zero-order chi connectivity index (χ0) is 39.9. The summed E-state index contributed by atoms with van der Waals surface area (Å²) in [6, 6.07) is -3.85. The summed E-state index contributed by atoms with van der Waals surface area (Å²) in [4.78, 5) is 66.4. The fourth-order valence-corrected chi connectivity index (χ4v) is 7.11. The van der Waals surface area contributed by atoms with Crippen molar-refractivity contribution in [3.8, 4) is 5.75 Å². The monoisotopic (exact) mass is 753 g/mol. The predicted molar refractivity (Wildman–Crippen MR) is 193 cm³/mol. The Hall–Kier alpha value is -4.45. The third-order valence-electron chi connectivity index (χ3n) is 8.19. The number of benzene rings is 1. The van der Waals surface area contributed by atoms with E-state index in [0.717, 1.165) is 11.1 Å². The molecular weight excluding hydrogens is 698 g/mol. The average Bonchev–Trinajstić information content (AvgIpc) is 3.33. The number of hydrogen-bond acceptors (Lipinski definition) is 11. The van der Waals surface area contributed by atoms with E-state index >= 15 is 0 Å². The summed E-state index contributed by atoms with van der Waals surface area (Å²) >= 11 is 0. The van der Waals surface area contributed by atoms with E-state index in [0.29, 0.717) is 23.3 Å². The molecule has 0 saturated heterocycles. The molecule has 1 aromatic carbocycles. The number of hydrogen-bond donors (Lipinski definition) is 7. The molecule has 52 heavy (non-hydrogen) atoms. The molecule has 0 aromatic heterocycles. The molecule has 292 valence electrons. The largest absolute Gasteiger partial charge is 0.487 e. The lowest BCUT2D eigenvalue weighted by atomic mass is 9.94. The van der Waals surface area contributed by atoms with E-state index in [4.69, 9.17) is 20.9 Å². The standard InChI is InChI=1S/C34H55N7O10S/c1-17(2)26(31(46)47)40-30(45)23(14-25(43)50-33(6,7)8)39-24(42)16-38-29(44)22(35)12-11-13-37-32(36)41-52(48,49)28-19(4)18(3)27-21(20(28)5)15-34(9,10)51-27/h17,22-23,26H,11-16,35H2,1-10H3,(H,38,44)(H,39,42)(H,40,45)(H,46,47)(H3,36,37,41)/t22-,23-,26-/m0/s1. The zero-order valence-electron chi connectivity index (χ0n) is 31.7. The van der Waals surface area contributed by atoms with E-state index in [2.05, 4.69) is 25.7 Å². The lowest BCUT2D eigenvalue weighted by molar-refractivity contribution is -0.156. The number of ether oxygens (including phenoxy) is 2. The molecule has 17 nitrogen and oxygen atoms in total. The Morgan fingerprint density at radius 1 is 1.02 bits per heavy atom. The molecule has 0 spiro atoms. The van der Waals surface area contributed by atoms with Gasteiger partial charge in [-0.15, -0.1) is 0 Å². The number of nitrogens with two attached hydrogens (primary N) is 2. The van der Waals surface area contributed by atoms with Crippen LogP contribution in [0.25, 0.3) is 0 Å². The number of nitrogens with one attached hydrogen (secondary N) is 4. The van der Waals surface area contributed by atoms with Gasteiger partial charge in [0.05, 0.1) is 23.9 Å². The van der Waals surface area contributed by atoms with Gasteiger partial charge in [0.1, 0.15) is 29.0 Å². The Morgan fingerprint density at radius 2 is 1.63 bits per heavy atom. The van der Waals surface area contributed by atoms with E-state index in [1.807, 2.05) is 20.8 Å². The Kier molecular flexibility index (Phi) is 14.6. The minimum Gasteiger partial charge on any atom is -0.487 e. The summed E-state index contributed by atoms with van der Waals surface area (Å²) in [7, 11) is -4.09. The van der Waals surface area contributed by atoms with E-state index in [-0.39, 0.29) is 30.2 Å². The van der Waals surface area contributed by atoms with Crippen LogP contribution in [0.4, 0.5) is 0 Å². The van der Waals surface area contributed by atoms with Crippen molar-refractivity contribution in [2.75, 3.05) is 13.1 Å². The number of rotatable bonds is 16. The van der Waals surface area contributed by atoms with Crippen LogP contribution < -0.4 is 36.9 Å². The number of carbonyl (C=O) groups is 5. The van der Waals surface area contributed by atoms with Crippen molar-refractivity contribution in [3.63, 3.8) is 0 Å². The van der Waals surface area contributed by atoms with Crippen molar-refractivity contribution >= 4 is 45.6 Å². The average molecular weight is 754 g/mol. The molecule has 0 radical (unpaired) electrons. The van der Waals surface area contributed by atoms with E-state index in [1.165, 1.54) is 0 Å². The van der Waals surface area contributed by atoms with Gasteiger partial charge in [0, 0.05) is 18.5 Å². The molecule has 18 heteroatoms. The van der Waals surface area contributed by atoms with Crippen molar-refractivity contribution in [1.82, 2.24) is 20.7 Å². The Balaban J connectivity index is 1.96. The van der Waals surface area contributed by atoms with Crippen LogP contribution in [0.1, 0.15) is 90.0 Å². The summed E-state index contributed by atoms with van der Waals surface area (Å²) in [5.41, 5.74) is 13.2. The van der Waals surface area contributed by atoms with Gasteiger partial charge in [-0.25, -0.2) is 17.9 Å². The zero-order valence-corrected chi connectivity index (χ0v) is 32.5. The molecule has 3 atom stereocenters. The number of fused-ring (bicyclic) bond motifs is 1. The maximum absolute atomic E-state index is 13.4. The van der Waals surface area contributed by atoms with Crippen LogP contribution in [0.3, 0.4) is 0 Å². The number of carbonyl (C=O) groups excluding carboxylic acids is 4. The quantitative estimate of drug-likeness (QED) is 0.0529. The summed E-state index contributed by atoms with van der Waals surface area (Å²) in [6.07, 6.45) is 0.305. The summed E-state index contributed by atoms with van der Waals surface area (Å²) in [6.45, 7) is 16.6. The molecule has 1 heterocycles. The molecule has 0 bridgehead atoms. The molecule has 1 aliphatic rings. The van der Waals surface area contributed by atoms with Gasteiger partial charge < -0.3 is 42.0 Å². The smallest absolute Gasteiger partial charge is 0.326 e. The molecule has 0 saturated carbocycles. The second-order valence-corrected chi connectivity index (χ2v) is 16.5. The Bertz CT molecular complexity index is 1680. The molecule has 3 amide bonds. The molecule has 9 N–H and O–H groups in total. The van der Waals surface area contributed by atoms with Gasteiger partial charge in [0.25, 0.3) is 10.0 Å². The van der Waals surface area contributed by atoms with Crippen LogP contribution in [0.15, 0.2) is 9.89 Å². The van der Waals surface area contributed by atoms with Crippen LogP contribution in [0, 0.1) is 26.7 Å². The summed E-state index contributed by atoms with van der Waals surface area (Å²) in [5.74, 6) is -4.70. The van der Waals surface area contributed by atoms with E-state index in [9.17, 15) is 37.5 Å². The minimum absolute atomic E-state index is 0.0359. The van der Waals surface area contributed by atoms with Gasteiger partial charge in [0.15, 0.2) is 0 Å². The highest BCUT2D eigenvalue weighted by molar-refractivity contribution is 7.90. The van der Waals surface area contributed by atoms with Crippen molar-refractivity contribution in [1.29, 1.82) is 0 Å². The number of guanidine groups is 1. The van der Waals surface area contributed by atoms with Gasteiger partial charge in [-0.1, -0.05) is 13.8 Å². The Labute approximate surface area is 305 Å². The molecule has 1 aromatic rings. The molecule has 0 fully saturated rings. The van der Waals surface area contributed by atoms with Gasteiger partial charge >= 0.3 is 11.9 Å². The minimum atomic E-state index is -4.09. The number of esters is 1. The molecule has 0 unspecified atom stereocenters. The third kappa shape index (κ3) is 12.4. The van der Waals surface area contributed by atoms with Gasteiger partial charge in [-0.05, 0) is 90.8 Å². The number of sulfonamides is 1. The number of aliphatic carboxylic acids is 1. The predicted octanol–water partition coefficient (Wildman–Crippen LogP) is 0.584. The van der Waals surface area contributed by atoms with Gasteiger partial charge in [0.2, 0.25) is 23.7 Å². The fourth-order valence-electron chi connectivity index (χ4n) is 5.58. The highest BCUT2D eigenvalue weighted by atomic mass is 32.2. The maximum atomic E-state index is 13.4. The number of carboxylic acid groups (broad SMARTS) is 1. The van der Waals surface area contributed by atoms with E-state index in [1.54, 1.807) is 48.5 Å². The number of aliphatic imine (C=N–C) groups is 1. The van der Waals surface area contributed by atoms with Gasteiger partial charge in [-0.2, -0.15) is 0 Å². The first-order valence-corrected chi connectivity index (χ1v) is 18.5. The molecule has 0 aliphatic carbocycles. The van der Waals surface area contributed by atoms with Crippen LogP contribution in [-0.4, -0.2) is 91.6 Å². The second kappa shape index (κ2) is 17.4. The molecule has 2 rings (SSSR count). The Morgan fingerprint density at radius 3 is 2.19 bits per heavy atom. The maximum Gasteiger partial charge on any atom is 0.326 e. The topological polar surface area (TPSA) is 271 Å². The first kappa shape index (κ1) is 43.7. The number of carboxylic acids is 1. The second-order valence-electron chi connectivity index (χ2n) is 14.9. The fraction of sp³-hybridized carbons (Fsp3) is 0.647. The van der Waals surface area contributed by atoms with Crippen molar-refractivity contribution < 1.29 is 47.0 Å². The highest BCUT2D eigenvalue weighted by Crippen LogP contribution is 2.43. The van der Waals surface area contributed by atoms with Crippen molar-refractivity contribution in [2.24, 2.45) is 22.4 Å². The van der Waals surface area contributed by atoms with Crippen LogP contribution in [0.2, 0.25) is 0 Å². The molecular formula is C34H55N7O10S. The van der Waals surface area contributed by atoms with Crippen LogP contribution in [-0.2, 0) is 45.2 Å².